The molecule has 7 nitrogen and oxygen atoms in total. The van der Waals surface area contributed by atoms with E-state index in [1.54, 1.807) is 0 Å². The van der Waals surface area contributed by atoms with E-state index < -0.39 is 20.7 Å². The number of nitrogens with zero attached hydrogens (tertiary/aromatic N) is 1. The molecule has 0 aromatic carbocycles. The normalized spacial score (nSPS) is 16.5. The zero-order valence-electron chi connectivity index (χ0n) is 9.41. The molecule has 0 bridgehead atoms. The van der Waals surface area contributed by atoms with Crippen LogP contribution < -0.4 is 103 Å². The third-order valence-electron chi connectivity index (χ3n) is 1.04. The molecule has 1 N–H and O–H groups in total. The predicted octanol–water partition coefficient (Wildman–Crippen LogP) is -11.7. The molecule has 0 saturated carbocycles. The van der Waals surface area contributed by atoms with Gasteiger partial charge in [-0.3, -0.25) is 4.90 Å². The molecule has 0 spiro atoms. The van der Waals surface area contributed by atoms with E-state index in [0.29, 0.717) is 4.90 Å². The molecule has 0 aliphatic carbocycles. The van der Waals surface area contributed by atoms with Crippen LogP contribution in [0.25, 0.3) is 0 Å². The van der Waals surface area contributed by atoms with Crippen LogP contribution >= 0.6 is 15.2 Å². The smallest absolute Gasteiger partial charge is 0.809 e. The van der Waals surface area contributed by atoms with Gasteiger partial charge < -0.3 is 28.7 Å². The molecule has 0 aliphatic rings. The van der Waals surface area contributed by atoms with Crippen LogP contribution in [0.4, 0.5) is 0 Å². The molecule has 2 unspecified atom stereocenters. The first-order chi connectivity index (χ1) is 5.07. The molecule has 0 radical (unpaired) electrons. The van der Waals surface area contributed by atoms with Gasteiger partial charge in [-0.1, -0.05) is 0 Å². The van der Waals surface area contributed by atoms with Gasteiger partial charge in [0.15, 0.2) is 7.60 Å². The second kappa shape index (κ2) is 10.1. The first-order valence-electron chi connectivity index (χ1n) is 2.78. The van der Waals surface area contributed by atoms with E-state index >= 15 is 0 Å². The molecule has 0 fully saturated rings. The SMILES string of the molecule is CN(C)C(P(=O)([O-])[O-])P(=O)([O-])O.[Na+].[Na+].[Na+]. The number of rotatable bonds is 3. The van der Waals surface area contributed by atoms with Crippen molar-refractivity contribution in [2.45, 2.75) is 5.52 Å². The molecule has 2 atom stereocenters. The summed E-state index contributed by atoms with van der Waals surface area (Å²) in [6.45, 7) is 0. The maximum atomic E-state index is 10.4. The summed E-state index contributed by atoms with van der Waals surface area (Å²) >= 11 is 0. The maximum Gasteiger partial charge on any atom is 1.00 e. The van der Waals surface area contributed by atoms with Gasteiger partial charge in [0.25, 0.3) is 0 Å². The maximum absolute atomic E-state index is 10.4. The summed E-state index contributed by atoms with van der Waals surface area (Å²) in [7, 11) is -8.39. The van der Waals surface area contributed by atoms with Crippen LogP contribution in [-0.4, -0.2) is 29.4 Å². The van der Waals surface area contributed by atoms with E-state index in [9.17, 15) is 23.8 Å². The van der Waals surface area contributed by atoms with E-state index in [4.69, 9.17) is 4.89 Å². The Morgan fingerprint density at radius 2 is 1.33 bits per heavy atom. The van der Waals surface area contributed by atoms with E-state index in [1.165, 1.54) is 0 Å². The summed E-state index contributed by atoms with van der Waals surface area (Å²) < 4.78 is 20.7. The van der Waals surface area contributed by atoms with Gasteiger partial charge in [-0.25, -0.2) is 0 Å². The molecule has 0 aromatic rings. The monoisotopic (exact) mass is 285 g/mol. The minimum atomic E-state index is -5.35. The van der Waals surface area contributed by atoms with E-state index in [1.807, 2.05) is 0 Å². The minimum Gasteiger partial charge on any atom is -0.809 e. The Labute approximate surface area is 155 Å². The zero-order chi connectivity index (χ0) is 10.2. The van der Waals surface area contributed by atoms with Crippen LogP contribution in [-0.2, 0) is 9.13 Å². The fraction of sp³-hybridized carbons (Fsp3) is 1.00. The van der Waals surface area contributed by atoms with Crippen molar-refractivity contribution in [1.82, 2.24) is 4.90 Å². The average Bonchev–Trinajstić information content (AvgIpc) is 1.49. The van der Waals surface area contributed by atoms with Crippen molar-refractivity contribution in [2.24, 2.45) is 0 Å². The largest absolute Gasteiger partial charge is 1.00 e. The Hall–Kier alpha value is 3.26. The van der Waals surface area contributed by atoms with Gasteiger partial charge in [0, 0.05) is 0 Å². The van der Waals surface area contributed by atoms with Crippen molar-refractivity contribution in [3.05, 3.63) is 0 Å². The molecule has 0 heterocycles. The Morgan fingerprint density at radius 3 is 1.33 bits per heavy atom. The predicted molar refractivity (Wildman–Crippen MR) is 34.9 cm³/mol. The van der Waals surface area contributed by atoms with Crippen LogP contribution in [0.5, 0.6) is 0 Å². The zero-order valence-corrected chi connectivity index (χ0v) is 17.2. The van der Waals surface area contributed by atoms with Crippen LogP contribution in [0.3, 0.4) is 0 Å². The fourth-order valence-electron chi connectivity index (χ4n) is 0.753. The van der Waals surface area contributed by atoms with Gasteiger partial charge in [0.2, 0.25) is 0 Å². The molecular weight excluding hydrogens is 277 g/mol. The van der Waals surface area contributed by atoms with Crippen molar-refractivity contribution in [1.29, 1.82) is 0 Å². The molecule has 0 rings (SSSR count). The molecule has 15 heavy (non-hydrogen) atoms. The third kappa shape index (κ3) is 10.8. The standard InChI is InChI=1S/C3H11NO6P2.3Na/c1-4(2)3(11(5,6)7)12(8,9)10;;;/h3H,1-2H3,(H2,5,6,7)(H2,8,9,10);;;/q;3*+1/p-3. The molecule has 0 aliphatic heterocycles. The van der Waals surface area contributed by atoms with Gasteiger partial charge in [0.1, 0.15) is 5.52 Å². The topological polar surface area (TPSA) is 127 Å². The Kier molecular flexibility index (Phi) is 18.0. The molecule has 12 heteroatoms. The molecule has 74 valence electrons. The summed E-state index contributed by atoms with van der Waals surface area (Å²) in [6.07, 6.45) is 0. The third-order valence-corrected chi connectivity index (χ3v) is 4.83. The van der Waals surface area contributed by atoms with Crippen molar-refractivity contribution >= 4 is 15.2 Å². The summed E-state index contributed by atoms with van der Waals surface area (Å²) in [4.78, 5) is 40.0. The van der Waals surface area contributed by atoms with Gasteiger partial charge in [-0.15, -0.1) is 0 Å². The Bertz CT molecular complexity index is 228. The Balaban J connectivity index is -0.000000202. The summed E-state index contributed by atoms with van der Waals surface area (Å²) in [5.41, 5.74) is -2.38. The summed E-state index contributed by atoms with van der Waals surface area (Å²) in [5, 5.41) is 0. The van der Waals surface area contributed by atoms with Gasteiger partial charge in [-0.05, 0) is 21.7 Å². The summed E-state index contributed by atoms with van der Waals surface area (Å²) in [6, 6.07) is 0. The van der Waals surface area contributed by atoms with Gasteiger partial charge in [-0.2, -0.15) is 0 Å². The van der Waals surface area contributed by atoms with Crippen LogP contribution in [0.1, 0.15) is 0 Å². The second-order valence-electron chi connectivity index (χ2n) is 2.41. The van der Waals surface area contributed by atoms with Crippen molar-refractivity contribution in [2.75, 3.05) is 14.1 Å². The molecule has 0 saturated heterocycles. The number of hydrogen-bond acceptors (Lipinski definition) is 6. The van der Waals surface area contributed by atoms with Crippen LogP contribution in [0.2, 0.25) is 0 Å². The van der Waals surface area contributed by atoms with Gasteiger partial charge in [0.05, 0.1) is 0 Å². The number of hydrogen-bond donors (Lipinski definition) is 1. The quantitative estimate of drug-likeness (QED) is 0.403. The van der Waals surface area contributed by atoms with E-state index in [0.717, 1.165) is 14.1 Å². The summed E-state index contributed by atoms with van der Waals surface area (Å²) in [5.74, 6) is 0. The van der Waals surface area contributed by atoms with Crippen molar-refractivity contribution in [3.63, 3.8) is 0 Å². The minimum absolute atomic E-state index is 0. The second-order valence-corrected chi connectivity index (χ2v) is 6.01. The van der Waals surface area contributed by atoms with E-state index in [2.05, 4.69) is 0 Å². The van der Waals surface area contributed by atoms with Crippen LogP contribution in [0.15, 0.2) is 0 Å². The average molecular weight is 285 g/mol. The fourth-order valence-corrected chi connectivity index (χ4v) is 3.33. The molecule has 0 aromatic heterocycles. The van der Waals surface area contributed by atoms with Crippen molar-refractivity contribution < 1.29 is 117 Å². The Morgan fingerprint density at radius 1 is 1.07 bits per heavy atom. The van der Waals surface area contributed by atoms with Crippen LogP contribution in [0, 0.1) is 0 Å². The van der Waals surface area contributed by atoms with Crippen molar-refractivity contribution in [3.8, 4) is 0 Å². The first kappa shape index (κ1) is 26.8. The first-order valence-corrected chi connectivity index (χ1v) is 6.04. The van der Waals surface area contributed by atoms with Gasteiger partial charge >= 0.3 is 88.7 Å². The molecule has 0 amide bonds. The van der Waals surface area contributed by atoms with E-state index in [-0.39, 0.29) is 88.7 Å². The molecular formula is C3H8NNa3O6P2.